The molecular weight excluding hydrogens is 200 g/mol. The standard InChI is InChI=1S/C10H7ClN2O/c11-8-5-4-6-2-1-3-7(10(12)14)9(6)13-8/h1-5H,(H2,12,14). The molecule has 2 rings (SSSR count). The molecule has 1 aromatic carbocycles. The molecular formula is C10H7ClN2O. The van der Waals surface area contributed by atoms with Gasteiger partial charge < -0.3 is 5.73 Å². The second-order valence-corrected chi connectivity index (χ2v) is 3.26. The number of para-hydroxylation sites is 1. The Hall–Kier alpha value is -1.61. The number of pyridine rings is 1. The Labute approximate surface area is 85.5 Å². The number of rotatable bonds is 1. The minimum Gasteiger partial charge on any atom is -0.366 e. The summed E-state index contributed by atoms with van der Waals surface area (Å²) >= 11 is 5.73. The van der Waals surface area contributed by atoms with E-state index >= 15 is 0 Å². The molecule has 0 aliphatic rings. The van der Waals surface area contributed by atoms with Crippen LogP contribution in [0, 0.1) is 0 Å². The van der Waals surface area contributed by atoms with Gasteiger partial charge in [-0.2, -0.15) is 0 Å². The van der Waals surface area contributed by atoms with Crippen molar-refractivity contribution in [3.8, 4) is 0 Å². The lowest BCUT2D eigenvalue weighted by Crippen LogP contribution is -2.11. The maximum absolute atomic E-state index is 11.1. The van der Waals surface area contributed by atoms with Crippen LogP contribution >= 0.6 is 11.6 Å². The number of carbonyl (C=O) groups is 1. The van der Waals surface area contributed by atoms with E-state index in [9.17, 15) is 4.79 Å². The third-order valence-electron chi connectivity index (χ3n) is 1.95. The smallest absolute Gasteiger partial charge is 0.250 e. The second-order valence-electron chi connectivity index (χ2n) is 2.88. The number of primary amides is 1. The van der Waals surface area contributed by atoms with E-state index in [1.165, 1.54) is 0 Å². The second kappa shape index (κ2) is 3.27. The minimum absolute atomic E-state index is 0.353. The molecule has 2 aromatic rings. The number of fused-ring (bicyclic) bond motifs is 1. The van der Waals surface area contributed by atoms with Gasteiger partial charge in [0, 0.05) is 5.39 Å². The Balaban J connectivity index is 2.84. The Kier molecular flexibility index (Phi) is 2.09. The van der Waals surface area contributed by atoms with Crippen LogP contribution in [0.25, 0.3) is 10.9 Å². The average Bonchev–Trinajstić information content (AvgIpc) is 2.16. The molecule has 70 valence electrons. The zero-order valence-electron chi connectivity index (χ0n) is 7.20. The summed E-state index contributed by atoms with van der Waals surface area (Å²) in [7, 11) is 0. The van der Waals surface area contributed by atoms with Gasteiger partial charge in [-0.3, -0.25) is 4.79 Å². The fourth-order valence-electron chi connectivity index (χ4n) is 1.32. The molecule has 0 atom stereocenters. The summed E-state index contributed by atoms with van der Waals surface area (Å²) in [6.45, 7) is 0. The summed E-state index contributed by atoms with van der Waals surface area (Å²) in [5.74, 6) is -0.495. The largest absolute Gasteiger partial charge is 0.366 e. The molecule has 0 unspecified atom stereocenters. The van der Waals surface area contributed by atoms with Crippen molar-refractivity contribution in [2.45, 2.75) is 0 Å². The van der Waals surface area contributed by atoms with E-state index in [0.29, 0.717) is 16.2 Å². The predicted octanol–water partition coefficient (Wildman–Crippen LogP) is 1.99. The highest BCUT2D eigenvalue weighted by Gasteiger charge is 2.07. The maximum Gasteiger partial charge on any atom is 0.250 e. The lowest BCUT2D eigenvalue weighted by molar-refractivity contribution is 0.100. The molecule has 0 saturated carbocycles. The molecule has 1 heterocycles. The molecule has 14 heavy (non-hydrogen) atoms. The fourth-order valence-corrected chi connectivity index (χ4v) is 1.47. The number of hydrogen-bond donors (Lipinski definition) is 1. The van der Waals surface area contributed by atoms with Crippen molar-refractivity contribution in [3.05, 3.63) is 41.0 Å². The molecule has 0 fully saturated rings. The van der Waals surface area contributed by atoms with Gasteiger partial charge in [-0.05, 0) is 18.2 Å². The van der Waals surface area contributed by atoms with Crippen molar-refractivity contribution in [2.24, 2.45) is 5.73 Å². The van der Waals surface area contributed by atoms with Crippen LogP contribution in [-0.2, 0) is 0 Å². The number of nitrogens with two attached hydrogens (primary N) is 1. The van der Waals surface area contributed by atoms with Crippen molar-refractivity contribution in [2.75, 3.05) is 0 Å². The molecule has 0 saturated heterocycles. The minimum atomic E-state index is -0.495. The molecule has 0 radical (unpaired) electrons. The van der Waals surface area contributed by atoms with Crippen molar-refractivity contribution < 1.29 is 4.79 Å². The van der Waals surface area contributed by atoms with Gasteiger partial charge in [0.05, 0.1) is 11.1 Å². The highest BCUT2D eigenvalue weighted by Crippen LogP contribution is 2.18. The Bertz CT molecular complexity index is 510. The molecule has 1 aromatic heterocycles. The van der Waals surface area contributed by atoms with E-state index in [0.717, 1.165) is 5.39 Å². The van der Waals surface area contributed by atoms with Gasteiger partial charge in [-0.15, -0.1) is 0 Å². The maximum atomic E-state index is 11.1. The number of nitrogens with zero attached hydrogens (tertiary/aromatic N) is 1. The molecule has 0 aliphatic heterocycles. The van der Waals surface area contributed by atoms with Crippen molar-refractivity contribution in [3.63, 3.8) is 0 Å². The van der Waals surface area contributed by atoms with Crippen LogP contribution in [0.5, 0.6) is 0 Å². The molecule has 1 amide bonds. The van der Waals surface area contributed by atoms with Gasteiger partial charge >= 0.3 is 0 Å². The van der Waals surface area contributed by atoms with Crippen molar-refractivity contribution in [1.82, 2.24) is 4.98 Å². The summed E-state index contributed by atoms with van der Waals surface area (Å²) in [6, 6.07) is 8.73. The van der Waals surface area contributed by atoms with Crippen molar-refractivity contribution >= 4 is 28.4 Å². The molecule has 0 spiro atoms. The third-order valence-corrected chi connectivity index (χ3v) is 2.16. The molecule has 0 bridgehead atoms. The van der Waals surface area contributed by atoms with Gasteiger partial charge in [0.25, 0.3) is 5.91 Å². The SMILES string of the molecule is NC(=O)c1cccc2ccc(Cl)nc12. The van der Waals surface area contributed by atoms with Crippen LogP contribution in [0.15, 0.2) is 30.3 Å². The Morgan fingerprint density at radius 1 is 1.29 bits per heavy atom. The average molecular weight is 207 g/mol. The van der Waals surface area contributed by atoms with Gasteiger partial charge in [0.2, 0.25) is 0 Å². The van der Waals surface area contributed by atoms with Gasteiger partial charge in [0.1, 0.15) is 5.15 Å². The van der Waals surface area contributed by atoms with E-state index in [-0.39, 0.29) is 0 Å². The number of amides is 1. The summed E-state index contributed by atoms with van der Waals surface area (Å²) in [6.07, 6.45) is 0. The molecule has 3 nitrogen and oxygen atoms in total. The molecule has 0 aliphatic carbocycles. The summed E-state index contributed by atoms with van der Waals surface area (Å²) in [5, 5.41) is 1.21. The van der Waals surface area contributed by atoms with E-state index in [1.54, 1.807) is 24.3 Å². The molecule has 4 heteroatoms. The van der Waals surface area contributed by atoms with E-state index in [1.807, 2.05) is 6.07 Å². The predicted molar refractivity (Wildman–Crippen MR) is 55.3 cm³/mol. The summed E-state index contributed by atoms with van der Waals surface area (Å²) < 4.78 is 0. The van der Waals surface area contributed by atoms with Gasteiger partial charge in [0.15, 0.2) is 0 Å². The number of hydrogen-bond acceptors (Lipinski definition) is 2. The first-order valence-electron chi connectivity index (χ1n) is 4.03. The van der Waals surface area contributed by atoms with Crippen LogP contribution in [-0.4, -0.2) is 10.9 Å². The zero-order valence-corrected chi connectivity index (χ0v) is 7.95. The number of halogens is 1. The van der Waals surface area contributed by atoms with E-state index in [4.69, 9.17) is 17.3 Å². The highest BCUT2D eigenvalue weighted by atomic mass is 35.5. The third kappa shape index (κ3) is 1.42. The Morgan fingerprint density at radius 2 is 2.07 bits per heavy atom. The van der Waals surface area contributed by atoms with Crippen LogP contribution in [0.4, 0.5) is 0 Å². The number of benzene rings is 1. The Morgan fingerprint density at radius 3 is 2.79 bits per heavy atom. The van der Waals surface area contributed by atoms with Crippen molar-refractivity contribution in [1.29, 1.82) is 0 Å². The quantitative estimate of drug-likeness (QED) is 0.726. The van der Waals surface area contributed by atoms with Gasteiger partial charge in [-0.1, -0.05) is 23.7 Å². The van der Waals surface area contributed by atoms with Crippen LogP contribution < -0.4 is 5.73 Å². The monoisotopic (exact) mass is 206 g/mol. The highest BCUT2D eigenvalue weighted by molar-refractivity contribution is 6.30. The summed E-state index contributed by atoms with van der Waals surface area (Å²) in [4.78, 5) is 15.1. The zero-order chi connectivity index (χ0) is 10.1. The van der Waals surface area contributed by atoms with Gasteiger partial charge in [-0.25, -0.2) is 4.98 Å². The fraction of sp³-hybridized carbons (Fsp3) is 0. The number of carbonyl (C=O) groups excluding carboxylic acids is 1. The topological polar surface area (TPSA) is 56.0 Å². The van der Waals surface area contributed by atoms with E-state index < -0.39 is 5.91 Å². The lowest BCUT2D eigenvalue weighted by atomic mass is 10.1. The van der Waals surface area contributed by atoms with Crippen LogP contribution in [0.3, 0.4) is 0 Å². The first kappa shape index (κ1) is 8.97. The first-order chi connectivity index (χ1) is 6.68. The first-order valence-corrected chi connectivity index (χ1v) is 4.41. The number of aromatic nitrogens is 1. The van der Waals surface area contributed by atoms with E-state index in [2.05, 4.69) is 4.98 Å². The molecule has 2 N–H and O–H groups in total. The lowest BCUT2D eigenvalue weighted by Gasteiger charge is -2.01. The van der Waals surface area contributed by atoms with Crippen LogP contribution in [0.1, 0.15) is 10.4 Å². The van der Waals surface area contributed by atoms with Crippen LogP contribution in [0.2, 0.25) is 5.15 Å². The summed E-state index contributed by atoms with van der Waals surface area (Å²) in [5.41, 5.74) is 6.15. The normalized spacial score (nSPS) is 10.4.